The molecule has 0 radical (unpaired) electrons. The van der Waals surface area contributed by atoms with Crippen LogP contribution in [0.3, 0.4) is 0 Å². The summed E-state index contributed by atoms with van der Waals surface area (Å²) in [5.41, 5.74) is 1.35. The van der Waals surface area contributed by atoms with E-state index in [2.05, 4.69) is 15.5 Å². The Labute approximate surface area is 222 Å². The lowest BCUT2D eigenvalue weighted by Crippen LogP contribution is -2.32. The molecule has 2 aromatic carbocycles. The highest BCUT2D eigenvalue weighted by Crippen LogP contribution is 2.29. The van der Waals surface area contributed by atoms with Gasteiger partial charge in [0.05, 0.1) is 17.8 Å². The lowest BCUT2D eigenvalue weighted by atomic mass is 10.2. The van der Waals surface area contributed by atoms with E-state index in [1.54, 1.807) is 29.6 Å². The van der Waals surface area contributed by atoms with Gasteiger partial charge in [0.2, 0.25) is 15.9 Å². The van der Waals surface area contributed by atoms with Gasteiger partial charge in [-0.1, -0.05) is 30.7 Å². The van der Waals surface area contributed by atoms with Crippen LogP contribution < -0.4 is 10.1 Å². The zero-order valence-corrected chi connectivity index (χ0v) is 23.0. The maximum atomic E-state index is 13.1. The highest BCUT2D eigenvalue weighted by atomic mass is 32.2. The van der Waals surface area contributed by atoms with Gasteiger partial charge in [-0.25, -0.2) is 8.42 Å². The topological polar surface area (TPSA) is 106 Å². The fourth-order valence-electron chi connectivity index (χ4n) is 4.27. The maximum absolute atomic E-state index is 13.1. The summed E-state index contributed by atoms with van der Waals surface area (Å²) in [6.45, 7) is 5.14. The average molecular weight is 544 g/mol. The van der Waals surface area contributed by atoms with Gasteiger partial charge in [0, 0.05) is 30.4 Å². The molecule has 1 aromatic heterocycles. The summed E-state index contributed by atoms with van der Waals surface area (Å²) in [6.07, 6.45) is 3.83. The molecule has 2 heterocycles. The fraction of sp³-hybridized carbons (Fsp3) is 0.423. The molecular formula is C26H33N5O4S2. The van der Waals surface area contributed by atoms with E-state index in [-0.39, 0.29) is 22.6 Å². The van der Waals surface area contributed by atoms with Gasteiger partial charge in [-0.3, -0.25) is 9.36 Å². The Morgan fingerprint density at radius 3 is 2.41 bits per heavy atom. The number of hydrogen-bond donors (Lipinski definition) is 1. The predicted molar refractivity (Wildman–Crippen MR) is 145 cm³/mol. The number of sulfonamides is 1. The molecule has 1 aliphatic rings. The smallest absolute Gasteiger partial charge is 0.243 e. The van der Waals surface area contributed by atoms with Crippen LogP contribution in [0, 0.1) is 0 Å². The van der Waals surface area contributed by atoms with Crippen molar-refractivity contribution in [2.45, 2.75) is 55.6 Å². The van der Waals surface area contributed by atoms with Gasteiger partial charge in [-0.05, 0) is 69.2 Å². The van der Waals surface area contributed by atoms with Crippen LogP contribution in [0.25, 0.3) is 11.4 Å². The van der Waals surface area contributed by atoms with Gasteiger partial charge >= 0.3 is 0 Å². The van der Waals surface area contributed by atoms with Crippen molar-refractivity contribution in [2.24, 2.45) is 0 Å². The third-order valence-electron chi connectivity index (χ3n) is 6.18. The molecular weight excluding hydrogens is 510 g/mol. The monoisotopic (exact) mass is 543 g/mol. The van der Waals surface area contributed by atoms with E-state index in [0.29, 0.717) is 29.8 Å². The molecule has 37 heavy (non-hydrogen) atoms. The molecule has 0 aliphatic carbocycles. The first-order chi connectivity index (χ1) is 17.8. The molecule has 3 aromatic rings. The average Bonchev–Trinajstić information content (AvgIpc) is 3.12. The lowest BCUT2D eigenvalue weighted by molar-refractivity contribution is -0.113. The van der Waals surface area contributed by atoms with Crippen molar-refractivity contribution in [2.75, 3.05) is 31.3 Å². The Morgan fingerprint density at radius 1 is 1.05 bits per heavy atom. The van der Waals surface area contributed by atoms with Crippen LogP contribution in [0.1, 0.15) is 45.6 Å². The first-order valence-corrected chi connectivity index (χ1v) is 14.8. The van der Waals surface area contributed by atoms with Gasteiger partial charge in [0.1, 0.15) is 5.75 Å². The number of benzene rings is 2. The summed E-state index contributed by atoms with van der Waals surface area (Å²) in [6, 6.07) is 14.1. The number of thioether (sulfide) groups is 1. The van der Waals surface area contributed by atoms with Crippen molar-refractivity contribution in [3.05, 3.63) is 48.5 Å². The molecule has 198 valence electrons. The van der Waals surface area contributed by atoms with Gasteiger partial charge in [0.15, 0.2) is 11.0 Å². The molecule has 0 atom stereocenters. The second-order valence-electron chi connectivity index (χ2n) is 9.18. The number of aromatic nitrogens is 3. The van der Waals surface area contributed by atoms with Crippen molar-refractivity contribution >= 4 is 33.4 Å². The number of anilines is 1. The maximum Gasteiger partial charge on any atom is 0.243 e. The second-order valence-corrected chi connectivity index (χ2v) is 12.1. The van der Waals surface area contributed by atoms with Gasteiger partial charge in [-0.15, -0.1) is 10.2 Å². The second kappa shape index (κ2) is 12.1. The molecule has 4 rings (SSSR count). The molecule has 0 spiro atoms. The molecule has 1 saturated heterocycles. The Balaban J connectivity index is 1.43. The summed E-state index contributed by atoms with van der Waals surface area (Å²) < 4.78 is 35.0. The van der Waals surface area contributed by atoms with Gasteiger partial charge in [-0.2, -0.15) is 4.31 Å². The number of nitrogens with zero attached hydrogens (tertiary/aromatic N) is 4. The highest BCUT2D eigenvalue weighted by Gasteiger charge is 2.25. The SMILES string of the molecule is COc1ccc(-c2nnc(SCC(=O)Nc3cccc(S(=O)(=O)N4CCCCCC4)c3)n2C(C)C)cc1. The summed E-state index contributed by atoms with van der Waals surface area (Å²) in [7, 11) is -1.97. The zero-order valence-electron chi connectivity index (χ0n) is 21.4. The van der Waals surface area contributed by atoms with Crippen molar-refractivity contribution < 1.29 is 17.9 Å². The first-order valence-electron chi connectivity index (χ1n) is 12.4. The standard InChI is InChI=1S/C26H33N5O4S2/c1-19(2)31-25(20-11-13-22(35-3)14-12-20)28-29-26(31)36-18-24(32)27-21-9-8-10-23(17-21)37(33,34)30-15-6-4-5-7-16-30/h8-14,17,19H,4-7,15-16,18H2,1-3H3,(H,27,32). The molecule has 11 heteroatoms. The van der Waals surface area contributed by atoms with E-state index in [1.165, 1.54) is 17.8 Å². The highest BCUT2D eigenvalue weighted by molar-refractivity contribution is 7.99. The third-order valence-corrected chi connectivity index (χ3v) is 9.02. The summed E-state index contributed by atoms with van der Waals surface area (Å²) in [5.74, 6) is 1.33. The van der Waals surface area contributed by atoms with Crippen LogP contribution in [-0.4, -0.2) is 59.3 Å². The minimum Gasteiger partial charge on any atom is -0.497 e. The number of carbonyl (C=O) groups is 1. The van der Waals surface area contributed by atoms with Gasteiger partial charge < -0.3 is 10.1 Å². The quantitative estimate of drug-likeness (QED) is 0.385. The minimum atomic E-state index is -3.59. The number of nitrogens with one attached hydrogen (secondary N) is 1. The van der Waals surface area contributed by atoms with Crippen LogP contribution in [-0.2, 0) is 14.8 Å². The predicted octanol–water partition coefficient (Wildman–Crippen LogP) is 4.83. The van der Waals surface area contributed by atoms with E-state index in [4.69, 9.17) is 4.74 Å². The molecule has 0 unspecified atom stereocenters. The summed E-state index contributed by atoms with van der Waals surface area (Å²) in [4.78, 5) is 13.0. The van der Waals surface area contributed by atoms with Crippen molar-refractivity contribution in [3.8, 4) is 17.1 Å². The number of amides is 1. The normalized spacial score (nSPS) is 14.9. The van der Waals surface area contributed by atoms with Crippen molar-refractivity contribution in [1.29, 1.82) is 0 Å². The summed E-state index contributed by atoms with van der Waals surface area (Å²) in [5, 5.41) is 12.1. The third kappa shape index (κ3) is 6.52. The Morgan fingerprint density at radius 2 is 1.76 bits per heavy atom. The van der Waals surface area contributed by atoms with E-state index >= 15 is 0 Å². The van der Waals surface area contributed by atoms with E-state index in [9.17, 15) is 13.2 Å². The molecule has 1 amide bonds. The van der Waals surface area contributed by atoms with Crippen molar-refractivity contribution in [1.82, 2.24) is 19.1 Å². The zero-order chi connectivity index (χ0) is 26.4. The fourth-order valence-corrected chi connectivity index (χ4v) is 6.70. The number of methoxy groups -OCH3 is 1. The lowest BCUT2D eigenvalue weighted by Gasteiger charge is -2.20. The van der Waals surface area contributed by atoms with Crippen molar-refractivity contribution in [3.63, 3.8) is 0 Å². The van der Waals surface area contributed by atoms with Crippen LogP contribution in [0.5, 0.6) is 5.75 Å². The largest absolute Gasteiger partial charge is 0.497 e. The number of carbonyl (C=O) groups excluding carboxylic acids is 1. The minimum absolute atomic E-state index is 0.0820. The molecule has 9 nitrogen and oxygen atoms in total. The molecule has 1 fully saturated rings. The van der Waals surface area contributed by atoms with Crippen LogP contribution in [0.2, 0.25) is 0 Å². The van der Waals surface area contributed by atoms with Gasteiger partial charge in [0.25, 0.3) is 0 Å². The van der Waals surface area contributed by atoms with Crippen LogP contribution >= 0.6 is 11.8 Å². The van der Waals surface area contributed by atoms with Crippen LogP contribution in [0.4, 0.5) is 5.69 Å². The molecule has 1 aliphatic heterocycles. The number of hydrogen-bond acceptors (Lipinski definition) is 7. The molecule has 0 saturated carbocycles. The van der Waals surface area contributed by atoms with E-state index < -0.39 is 10.0 Å². The molecule has 1 N–H and O–H groups in total. The number of rotatable bonds is 9. The summed E-state index contributed by atoms with van der Waals surface area (Å²) >= 11 is 1.29. The molecule has 0 bridgehead atoms. The van der Waals surface area contributed by atoms with E-state index in [1.807, 2.05) is 42.7 Å². The first kappa shape index (κ1) is 27.2. The Bertz CT molecular complexity index is 1310. The Hall–Kier alpha value is -2.89. The Kier molecular flexibility index (Phi) is 8.88. The number of ether oxygens (including phenoxy) is 1. The van der Waals surface area contributed by atoms with Crippen LogP contribution in [0.15, 0.2) is 58.6 Å². The van der Waals surface area contributed by atoms with E-state index in [0.717, 1.165) is 37.0 Å².